The van der Waals surface area contributed by atoms with Crippen LogP contribution in [0.15, 0.2) is 36.4 Å². The number of rotatable bonds is 3. The minimum absolute atomic E-state index is 0.142. The molecular weight excluding hydrogens is 347 g/mol. The molecule has 4 nitrogen and oxygen atoms in total. The molecule has 0 bridgehead atoms. The van der Waals surface area contributed by atoms with Crippen molar-refractivity contribution in [2.75, 3.05) is 16.8 Å². The summed E-state index contributed by atoms with van der Waals surface area (Å²) in [4.78, 5) is 26.0. The Kier molecular flexibility index (Phi) is 4.78. The van der Waals surface area contributed by atoms with Gasteiger partial charge in [0.25, 0.3) is 5.91 Å². The molecular formula is C18H16Cl2N2O2. The molecule has 2 aromatic rings. The Bertz CT molecular complexity index is 800. The molecule has 2 aromatic carbocycles. The number of carbonyl (C=O) groups is 2. The van der Waals surface area contributed by atoms with Gasteiger partial charge in [0.2, 0.25) is 5.91 Å². The predicted molar refractivity (Wildman–Crippen MR) is 97.2 cm³/mol. The summed E-state index contributed by atoms with van der Waals surface area (Å²) in [6, 6.07) is 10.2. The zero-order chi connectivity index (χ0) is 17.3. The lowest BCUT2D eigenvalue weighted by atomic mass is 10.1. The average molecular weight is 363 g/mol. The van der Waals surface area contributed by atoms with E-state index in [-0.39, 0.29) is 11.8 Å². The Morgan fingerprint density at radius 2 is 1.83 bits per heavy atom. The van der Waals surface area contributed by atoms with Gasteiger partial charge in [-0.25, -0.2) is 0 Å². The normalized spacial score (nSPS) is 14.1. The standard InChI is InChI=1S/C18H16Cl2N2O2/c1-11-7-15(4-5-16(11)22-6-2-3-17(22)23)21-18(24)12-8-13(19)10-14(20)9-12/h4-5,7-10H,2-3,6H2,1H3,(H,21,24). The first-order valence-electron chi connectivity index (χ1n) is 7.62. The van der Waals surface area contributed by atoms with Gasteiger partial charge in [-0.15, -0.1) is 0 Å². The van der Waals surface area contributed by atoms with Gasteiger partial charge in [0.15, 0.2) is 0 Å². The number of anilines is 2. The Morgan fingerprint density at radius 1 is 1.12 bits per heavy atom. The largest absolute Gasteiger partial charge is 0.322 e. The quantitative estimate of drug-likeness (QED) is 0.861. The van der Waals surface area contributed by atoms with Crippen LogP contribution in [0.2, 0.25) is 10.0 Å². The molecule has 0 saturated carbocycles. The maximum absolute atomic E-state index is 12.3. The number of hydrogen-bond acceptors (Lipinski definition) is 2. The van der Waals surface area contributed by atoms with Crippen molar-refractivity contribution in [3.8, 4) is 0 Å². The van der Waals surface area contributed by atoms with E-state index in [4.69, 9.17) is 23.2 Å². The molecule has 1 heterocycles. The van der Waals surface area contributed by atoms with Crippen LogP contribution in [0.4, 0.5) is 11.4 Å². The van der Waals surface area contributed by atoms with E-state index in [0.717, 1.165) is 24.2 Å². The zero-order valence-corrected chi connectivity index (χ0v) is 14.6. The number of aryl methyl sites for hydroxylation is 1. The fourth-order valence-electron chi connectivity index (χ4n) is 2.83. The van der Waals surface area contributed by atoms with Gasteiger partial charge in [0.1, 0.15) is 0 Å². The molecule has 3 rings (SSSR count). The molecule has 1 aliphatic heterocycles. The van der Waals surface area contributed by atoms with Crippen LogP contribution >= 0.6 is 23.2 Å². The molecule has 2 amide bonds. The van der Waals surface area contributed by atoms with Crippen LogP contribution in [-0.2, 0) is 4.79 Å². The van der Waals surface area contributed by atoms with Crippen LogP contribution in [0.5, 0.6) is 0 Å². The van der Waals surface area contributed by atoms with Crippen molar-refractivity contribution in [1.82, 2.24) is 0 Å². The van der Waals surface area contributed by atoms with Gasteiger partial charge in [-0.2, -0.15) is 0 Å². The number of benzene rings is 2. The second-order valence-corrected chi connectivity index (χ2v) is 6.64. The van der Waals surface area contributed by atoms with Crippen molar-refractivity contribution in [2.45, 2.75) is 19.8 Å². The highest BCUT2D eigenvalue weighted by atomic mass is 35.5. The SMILES string of the molecule is Cc1cc(NC(=O)c2cc(Cl)cc(Cl)c2)ccc1N1CCCC1=O. The van der Waals surface area contributed by atoms with Crippen LogP contribution < -0.4 is 10.2 Å². The molecule has 1 N–H and O–H groups in total. The summed E-state index contributed by atoms with van der Waals surface area (Å²) in [5.41, 5.74) is 2.88. The third-order valence-corrected chi connectivity index (χ3v) is 4.38. The first kappa shape index (κ1) is 16.8. The minimum Gasteiger partial charge on any atom is -0.322 e. The second kappa shape index (κ2) is 6.83. The van der Waals surface area contributed by atoms with Gasteiger partial charge >= 0.3 is 0 Å². The highest BCUT2D eigenvalue weighted by Gasteiger charge is 2.23. The van der Waals surface area contributed by atoms with Gasteiger partial charge < -0.3 is 10.2 Å². The van der Waals surface area contributed by atoms with Crippen LogP contribution in [0, 0.1) is 6.92 Å². The highest BCUT2D eigenvalue weighted by Crippen LogP contribution is 2.28. The van der Waals surface area contributed by atoms with E-state index >= 15 is 0 Å². The van der Waals surface area contributed by atoms with Crippen LogP contribution in [0.1, 0.15) is 28.8 Å². The van der Waals surface area contributed by atoms with Crippen molar-refractivity contribution in [3.05, 3.63) is 57.6 Å². The van der Waals surface area contributed by atoms with E-state index in [1.807, 2.05) is 19.1 Å². The number of hydrogen-bond donors (Lipinski definition) is 1. The molecule has 6 heteroatoms. The molecule has 124 valence electrons. The molecule has 1 saturated heterocycles. The van der Waals surface area contributed by atoms with E-state index in [1.165, 1.54) is 0 Å². The lowest BCUT2D eigenvalue weighted by molar-refractivity contribution is -0.117. The maximum atomic E-state index is 12.3. The summed E-state index contributed by atoms with van der Waals surface area (Å²) in [6.07, 6.45) is 1.47. The fraction of sp³-hybridized carbons (Fsp3) is 0.222. The molecule has 1 aliphatic rings. The van der Waals surface area contributed by atoms with Crippen molar-refractivity contribution in [1.29, 1.82) is 0 Å². The molecule has 0 aromatic heterocycles. The fourth-order valence-corrected chi connectivity index (χ4v) is 3.35. The summed E-state index contributed by atoms with van der Waals surface area (Å²) >= 11 is 11.9. The number of carbonyl (C=O) groups excluding carboxylic acids is 2. The third kappa shape index (κ3) is 3.55. The predicted octanol–water partition coefficient (Wildman–Crippen LogP) is 4.68. The smallest absolute Gasteiger partial charge is 0.255 e. The molecule has 0 radical (unpaired) electrons. The Labute approximate surface area is 150 Å². The zero-order valence-electron chi connectivity index (χ0n) is 13.1. The first-order valence-corrected chi connectivity index (χ1v) is 8.38. The topological polar surface area (TPSA) is 49.4 Å². The van der Waals surface area contributed by atoms with E-state index < -0.39 is 0 Å². The number of nitrogens with zero attached hydrogens (tertiary/aromatic N) is 1. The van der Waals surface area contributed by atoms with E-state index in [2.05, 4.69) is 5.32 Å². The third-order valence-electron chi connectivity index (χ3n) is 3.94. The summed E-state index contributed by atoms with van der Waals surface area (Å²) in [6.45, 7) is 2.67. The van der Waals surface area contributed by atoms with Crippen molar-refractivity contribution in [2.24, 2.45) is 0 Å². The first-order chi connectivity index (χ1) is 11.4. The monoisotopic (exact) mass is 362 g/mol. The molecule has 0 unspecified atom stereocenters. The van der Waals surface area contributed by atoms with Crippen molar-refractivity contribution >= 4 is 46.4 Å². The maximum Gasteiger partial charge on any atom is 0.255 e. The minimum atomic E-state index is -0.288. The van der Waals surface area contributed by atoms with Gasteiger partial charge in [-0.1, -0.05) is 23.2 Å². The van der Waals surface area contributed by atoms with E-state index in [0.29, 0.717) is 27.7 Å². The summed E-state index contributed by atoms with van der Waals surface area (Å²) in [5.74, 6) is -0.146. The van der Waals surface area contributed by atoms with Crippen LogP contribution in [0.3, 0.4) is 0 Å². The molecule has 1 fully saturated rings. The Balaban J connectivity index is 1.79. The van der Waals surface area contributed by atoms with Crippen LogP contribution in [0.25, 0.3) is 0 Å². The number of nitrogens with one attached hydrogen (secondary N) is 1. The van der Waals surface area contributed by atoms with Crippen molar-refractivity contribution in [3.63, 3.8) is 0 Å². The average Bonchev–Trinajstić information content (AvgIpc) is 2.92. The van der Waals surface area contributed by atoms with Gasteiger partial charge in [-0.05, 0) is 55.3 Å². The highest BCUT2D eigenvalue weighted by molar-refractivity contribution is 6.35. The molecule has 0 aliphatic carbocycles. The van der Waals surface area contributed by atoms with E-state index in [1.54, 1.807) is 29.2 Å². The van der Waals surface area contributed by atoms with E-state index in [9.17, 15) is 9.59 Å². The molecule has 24 heavy (non-hydrogen) atoms. The number of amides is 2. The lowest BCUT2D eigenvalue weighted by Gasteiger charge is -2.19. The lowest BCUT2D eigenvalue weighted by Crippen LogP contribution is -2.24. The molecule has 0 atom stereocenters. The van der Waals surface area contributed by atoms with Gasteiger partial charge in [-0.3, -0.25) is 9.59 Å². The van der Waals surface area contributed by atoms with Gasteiger partial charge in [0, 0.05) is 39.9 Å². The Hall–Kier alpha value is -2.04. The summed E-state index contributed by atoms with van der Waals surface area (Å²) in [7, 11) is 0. The number of halogens is 2. The molecule has 0 spiro atoms. The van der Waals surface area contributed by atoms with Crippen LogP contribution in [-0.4, -0.2) is 18.4 Å². The van der Waals surface area contributed by atoms with Crippen molar-refractivity contribution < 1.29 is 9.59 Å². The van der Waals surface area contributed by atoms with Gasteiger partial charge in [0.05, 0.1) is 0 Å². The Morgan fingerprint density at radius 3 is 2.42 bits per heavy atom. The summed E-state index contributed by atoms with van der Waals surface area (Å²) < 4.78 is 0. The second-order valence-electron chi connectivity index (χ2n) is 5.76. The summed E-state index contributed by atoms with van der Waals surface area (Å²) in [5, 5.41) is 3.64.